The molecule has 1 fully saturated rings. The first kappa shape index (κ1) is 20.5. The number of aromatic amines is 2. The maximum Gasteiger partial charge on any atom is 0.116 e. The number of para-hydroxylation sites is 1. The molecular formula is C28H30N4. The van der Waals surface area contributed by atoms with Crippen LogP contribution in [-0.2, 0) is 6.42 Å². The number of aromatic nitrogens is 4. The number of H-pyrrole nitrogens is 2. The summed E-state index contributed by atoms with van der Waals surface area (Å²) in [5.74, 6) is 0.793. The van der Waals surface area contributed by atoms with E-state index in [-0.39, 0.29) is 0 Å². The van der Waals surface area contributed by atoms with Crippen LogP contribution in [0.15, 0.2) is 55.4 Å². The predicted molar refractivity (Wildman–Crippen MR) is 133 cm³/mol. The first-order valence-corrected chi connectivity index (χ1v) is 11.6. The Hall–Kier alpha value is -3.40. The number of hydrogen-bond acceptors (Lipinski definition) is 2. The van der Waals surface area contributed by atoms with Crippen molar-refractivity contribution in [1.29, 1.82) is 0 Å². The first-order valence-electron chi connectivity index (χ1n) is 11.6. The van der Waals surface area contributed by atoms with Crippen molar-refractivity contribution >= 4 is 28.6 Å². The summed E-state index contributed by atoms with van der Waals surface area (Å²) in [7, 11) is 0. The molecule has 0 spiro atoms. The van der Waals surface area contributed by atoms with Crippen LogP contribution in [0.5, 0.6) is 0 Å². The summed E-state index contributed by atoms with van der Waals surface area (Å²) in [6.07, 6.45) is 16.0. The molecule has 2 N–H and O–H groups in total. The Kier molecular flexibility index (Phi) is 5.76. The zero-order chi connectivity index (χ0) is 21.9. The van der Waals surface area contributed by atoms with E-state index >= 15 is 0 Å². The molecule has 1 aromatic carbocycles. The molecule has 0 saturated heterocycles. The lowest BCUT2D eigenvalue weighted by Crippen LogP contribution is -2.23. The monoisotopic (exact) mass is 422 g/mol. The quantitative estimate of drug-likeness (QED) is 0.454. The number of fused-ring (bicyclic) bond motifs is 1. The van der Waals surface area contributed by atoms with E-state index in [2.05, 4.69) is 69.2 Å². The summed E-state index contributed by atoms with van der Waals surface area (Å²) >= 11 is 0. The molecule has 3 heterocycles. The second-order valence-corrected chi connectivity index (χ2v) is 8.92. The molecule has 0 unspecified atom stereocenters. The number of nitrogens with one attached hydrogen (secondary N) is 2. The lowest BCUT2D eigenvalue weighted by atomic mass is 9.85. The average molecular weight is 423 g/mol. The van der Waals surface area contributed by atoms with Crippen LogP contribution in [0, 0.1) is 5.92 Å². The minimum Gasteiger partial charge on any atom is -0.353 e. The van der Waals surface area contributed by atoms with E-state index in [4.69, 9.17) is 0 Å². The smallest absolute Gasteiger partial charge is 0.116 e. The van der Waals surface area contributed by atoms with E-state index in [1.165, 1.54) is 43.1 Å². The second-order valence-electron chi connectivity index (χ2n) is 8.92. The van der Waals surface area contributed by atoms with E-state index < -0.39 is 0 Å². The Labute approximate surface area is 188 Å². The number of nitrogens with zero attached hydrogens (tertiary/aromatic N) is 2. The molecule has 4 nitrogen and oxygen atoms in total. The van der Waals surface area contributed by atoms with Gasteiger partial charge in [-0.2, -0.15) is 5.10 Å². The number of rotatable bonds is 5. The van der Waals surface area contributed by atoms with E-state index in [9.17, 15) is 0 Å². The SMILES string of the molecule is C=C(/C=c1/c(-c2cc3ccccc3[nH]2)n[nH]/c1=C/C)c1cncc(CC2CCCCC2)c1. The Bertz CT molecular complexity index is 1330. The summed E-state index contributed by atoms with van der Waals surface area (Å²) in [6.45, 7) is 6.40. The normalized spacial score (nSPS) is 16.2. The Morgan fingerprint density at radius 2 is 1.97 bits per heavy atom. The van der Waals surface area contributed by atoms with Crippen LogP contribution < -0.4 is 10.6 Å². The van der Waals surface area contributed by atoms with Gasteiger partial charge in [-0.05, 0) is 60.2 Å². The van der Waals surface area contributed by atoms with Gasteiger partial charge in [0.05, 0.1) is 11.0 Å². The van der Waals surface area contributed by atoms with Crippen molar-refractivity contribution in [2.24, 2.45) is 5.92 Å². The van der Waals surface area contributed by atoms with Gasteiger partial charge in [-0.15, -0.1) is 0 Å². The van der Waals surface area contributed by atoms with Crippen LogP contribution in [0.25, 0.3) is 40.0 Å². The van der Waals surface area contributed by atoms with Crippen LogP contribution in [-0.4, -0.2) is 20.2 Å². The van der Waals surface area contributed by atoms with Gasteiger partial charge in [0.2, 0.25) is 0 Å². The van der Waals surface area contributed by atoms with Gasteiger partial charge in [-0.25, -0.2) is 0 Å². The topological polar surface area (TPSA) is 57.4 Å². The van der Waals surface area contributed by atoms with Crippen molar-refractivity contribution < 1.29 is 0 Å². The van der Waals surface area contributed by atoms with Crippen LogP contribution in [0.2, 0.25) is 0 Å². The number of benzene rings is 1. The minimum absolute atomic E-state index is 0.793. The third-order valence-electron chi connectivity index (χ3n) is 6.64. The van der Waals surface area contributed by atoms with Crippen LogP contribution in [0.3, 0.4) is 0 Å². The van der Waals surface area contributed by atoms with Gasteiger partial charge in [0.15, 0.2) is 0 Å². The fourth-order valence-electron chi connectivity index (χ4n) is 4.89. The molecule has 3 aromatic heterocycles. The van der Waals surface area contributed by atoms with Gasteiger partial charge in [-0.1, -0.05) is 63.0 Å². The highest BCUT2D eigenvalue weighted by Crippen LogP contribution is 2.27. The van der Waals surface area contributed by atoms with Crippen molar-refractivity contribution in [3.63, 3.8) is 0 Å². The van der Waals surface area contributed by atoms with Crippen molar-refractivity contribution in [2.45, 2.75) is 45.4 Å². The molecule has 0 bridgehead atoms. The molecule has 4 aromatic rings. The van der Waals surface area contributed by atoms with Crippen molar-refractivity contribution in [2.75, 3.05) is 0 Å². The molecule has 4 heteroatoms. The molecule has 1 aliphatic carbocycles. The minimum atomic E-state index is 0.793. The van der Waals surface area contributed by atoms with Gasteiger partial charge >= 0.3 is 0 Å². The first-order chi connectivity index (χ1) is 15.7. The van der Waals surface area contributed by atoms with Crippen molar-refractivity contribution in [3.05, 3.63) is 77.1 Å². The van der Waals surface area contributed by atoms with Gasteiger partial charge in [0.25, 0.3) is 0 Å². The molecule has 1 aliphatic rings. The zero-order valence-electron chi connectivity index (χ0n) is 18.7. The molecule has 0 amide bonds. The van der Waals surface area contributed by atoms with Gasteiger partial charge in [0.1, 0.15) is 5.69 Å². The van der Waals surface area contributed by atoms with Crippen LogP contribution in [0.1, 0.15) is 50.2 Å². The molecular weight excluding hydrogens is 392 g/mol. The highest BCUT2D eigenvalue weighted by molar-refractivity contribution is 5.89. The molecule has 0 aliphatic heterocycles. The molecule has 5 rings (SSSR count). The Morgan fingerprint density at radius 3 is 2.78 bits per heavy atom. The second kappa shape index (κ2) is 8.99. The van der Waals surface area contributed by atoms with E-state index in [1.54, 1.807) is 0 Å². The van der Waals surface area contributed by atoms with Crippen molar-refractivity contribution in [1.82, 2.24) is 20.2 Å². The largest absolute Gasteiger partial charge is 0.353 e. The summed E-state index contributed by atoms with van der Waals surface area (Å²) in [4.78, 5) is 8.03. The molecule has 0 radical (unpaired) electrons. The van der Waals surface area contributed by atoms with E-state index in [1.807, 2.05) is 25.4 Å². The van der Waals surface area contributed by atoms with Crippen LogP contribution >= 0.6 is 0 Å². The number of allylic oxidation sites excluding steroid dienone is 1. The number of pyridine rings is 1. The van der Waals surface area contributed by atoms with E-state index in [0.29, 0.717) is 0 Å². The van der Waals surface area contributed by atoms with Gasteiger partial charge in [0, 0.05) is 28.5 Å². The third-order valence-corrected chi connectivity index (χ3v) is 6.64. The highest BCUT2D eigenvalue weighted by atomic mass is 15.1. The maximum atomic E-state index is 4.62. The standard InChI is InChI=1S/C28H30N4/c1-3-25-24(28(32-31-25)27-16-22-11-7-8-12-26(22)30-27)13-19(2)23-15-21(17-29-18-23)14-20-9-5-4-6-10-20/h3,7-8,11-13,15-18,20,30-31H,2,4-6,9-10,14H2,1H3/b24-13+,25-3+. The predicted octanol–water partition coefficient (Wildman–Crippen LogP) is 5.37. The Balaban J connectivity index is 1.49. The average Bonchev–Trinajstić information content (AvgIpc) is 3.43. The van der Waals surface area contributed by atoms with Crippen molar-refractivity contribution in [3.8, 4) is 11.4 Å². The van der Waals surface area contributed by atoms with Gasteiger partial charge in [-0.3, -0.25) is 10.1 Å². The lowest BCUT2D eigenvalue weighted by molar-refractivity contribution is 0.356. The summed E-state index contributed by atoms with van der Waals surface area (Å²) in [5.41, 5.74) is 6.35. The molecule has 32 heavy (non-hydrogen) atoms. The summed E-state index contributed by atoms with van der Waals surface area (Å²) in [5, 5.41) is 11.0. The fourth-order valence-corrected chi connectivity index (χ4v) is 4.89. The number of hydrogen-bond donors (Lipinski definition) is 2. The molecule has 1 saturated carbocycles. The fraction of sp³-hybridized carbons (Fsp3) is 0.286. The summed E-state index contributed by atoms with van der Waals surface area (Å²) < 4.78 is 0. The maximum absolute atomic E-state index is 4.62. The van der Waals surface area contributed by atoms with E-state index in [0.717, 1.165) is 50.9 Å². The Morgan fingerprint density at radius 1 is 1.12 bits per heavy atom. The van der Waals surface area contributed by atoms with Crippen LogP contribution in [0.4, 0.5) is 0 Å². The third kappa shape index (κ3) is 4.18. The van der Waals surface area contributed by atoms with Gasteiger partial charge < -0.3 is 4.98 Å². The molecule has 162 valence electrons. The summed E-state index contributed by atoms with van der Waals surface area (Å²) in [6, 6.07) is 12.7. The molecule has 0 atom stereocenters. The lowest BCUT2D eigenvalue weighted by Gasteiger charge is -2.21. The highest BCUT2D eigenvalue weighted by Gasteiger charge is 2.15. The zero-order valence-corrected chi connectivity index (χ0v) is 18.7.